The van der Waals surface area contributed by atoms with Gasteiger partial charge in [0.05, 0.1) is 16.2 Å². The molecule has 29 heavy (non-hydrogen) atoms. The Labute approximate surface area is 183 Å². The van der Waals surface area contributed by atoms with Crippen LogP contribution >= 0.6 is 35.0 Å². The van der Waals surface area contributed by atoms with Gasteiger partial charge in [-0.05, 0) is 43.4 Å². The van der Waals surface area contributed by atoms with Gasteiger partial charge >= 0.3 is 0 Å². The molecule has 0 spiro atoms. The number of aromatic nitrogens is 3. The molecule has 2 heterocycles. The van der Waals surface area contributed by atoms with Crippen molar-refractivity contribution in [2.75, 3.05) is 11.6 Å². The summed E-state index contributed by atoms with van der Waals surface area (Å²) in [7, 11) is 0. The van der Waals surface area contributed by atoms with Gasteiger partial charge in [-0.25, -0.2) is 4.98 Å². The summed E-state index contributed by atoms with van der Waals surface area (Å²) in [5.74, 6) is -0.0193. The lowest BCUT2D eigenvalue weighted by Crippen LogP contribution is -2.28. The topological polar surface area (TPSA) is 68.9 Å². The van der Waals surface area contributed by atoms with Crippen LogP contribution in [0.3, 0.4) is 0 Å². The van der Waals surface area contributed by atoms with Crippen LogP contribution in [0.2, 0.25) is 10.0 Å². The average Bonchev–Trinajstić information content (AvgIpc) is 2.95. The van der Waals surface area contributed by atoms with Crippen LogP contribution in [0.1, 0.15) is 19.5 Å². The lowest BCUT2D eigenvalue weighted by molar-refractivity contribution is -0.116. The number of benzene rings is 1. The Bertz CT molecular complexity index is 1140. The number of halogens is 2. The van der Waals surface area contributed by atoms with Crippen LogP contribution in [0.15, 0.2) is 34.2 Å². The van der Waals surface area contributed by atoms with Crippen molar-refractivity contribution in [2.24, 2.45) is 5.92 Å². The van der Waals surface area contributed by atoms with E-state index in [4.69, 9.17) is 23.2 Å². The first-order chi connectivity index (χ1) is 13.7. The van der Waals surface area contributed by atoms with E-state index >= 15 is 0 Å². The molecule has 0 radical (unpaired) electrons. The van der Waals surface area contributed by atoms with Crippen LogP contribution in [-0.2, 0) is 17.9 Å². The molecule has 2 aromatic heterocycles. The summed E-state index contributed by atoms with van der Waals surface area (Å²) >= 11 is 13.6. The fourth-order valence-corrected chi connectivity index (χ4v) is 4.06. The third kappa shape index (κ3) is 4.63. The van der Waals surface area contributed by atoms with E-state index in [0.717, 1.165) is 5.69 Å². The number of nitrogens with zero attached hydrogens (tertiary/aromatic N) is 3. The molecule has 3 rings (SSSR count). The molecule has 3 aromatic rings. The normalized spacial score (nSPS) is 11.4. The zero-order valence-electron chi connectivity index (χ0n) is 16.6. The van der Waals surface area contributed by atoms with Crippen LogP contribution in [0.25, 0.3) is 11.0 Å². The van der Waals surface area contributed by atoms with Crippen molar-refractivity contribution in [1.82, 2.24) is 14.1 Å². The largest absolute Gasteiger partial charge is 0.330 e. The van der Waals surface area contributed by atoms with Gasteiger partial charge in [0.1, 0.15) is 12.1 Å². The van der Waals surface area contributed by atoms with Crippen LogP contribution in [-0.4, -0.2) is 26.3 Å². The van der Waals surface area contributed by atoms with Gasteiger partial charge in [0, 0.05) is 17.3 Å². The van der Waals surface area contributed by atoms with Crippen LogP contribution in [0, 0.1) is 12.8 Å². The minimum Gasteiger partial charge on any atom is -0.330 e. The summed E-state index contributed by atoms with van der Waals surface area (Å²) in [4.78, 5) is 30.5. The van der Waals surface area contributed by atoms with Crippen LogP contribution in [0.5, 0.6) is 0 Å². The molecule has 9 heteroatoms. The molecule has 0 bridgehead atoms. The zero-order valence-corrected chi connectivity index (χ0v) is 19.0. The van der Waals surface area contributed by atoms with E-state index in [9.17, 15) is 9.59 Å². The minimum atomic E-state index is -0.307. The van der Waals surface area contributed by atoms with Crippen molar-refractivity contribution in [1.29, 1.82) is 0 Å². The summed E-state index contributed by atoms with van der Waals surface area (Å²) in [6.07, 6.45) is 1.90. The molecule has 1 amide bonds. The van der Waals surface area contributed by atoms with Crippen molar-refractivity contribution in [3.8, 4) is 0 Å². The van der Waals surface area contributed by atoms with E-state index < -0.39 is 0 Å². The highest BCUT2D eigenvalue weighted by atomic mass is 35.5. The summed E-state index contributed by atoms with van der Waals surface area (Å²) in [6, 6.07) is 6.68. The number of hydrogen-bond acceptors (Lipinski definition) is 4. The molecule has 0 saturated heterocycles. The fraction of sp³-hybridized carbons (Fsp3) is 0.350. The summed E-state index contributed by atoms with van der Waals surface area (Å²) in [5, 5.41) is 4.29. The second-order valence-corrected chi connectivity index (χ2v) is 8.80. The maximum absolute atomic E-state index is 13.2. The zero-order chi connectivity index (χ0) is 21.3. The molecule has 0 aliphatic carbocycles. The molecular formula is C20H22Cl2N4O2S. The first kappa shape index (κ1) is 21.7. The molecule has 0 aliphatic rings. The predicted octanol–water partition coefficient (Wildman–Crippen LogP) is 4.83. The summed E-state index contributed by atoms with van der Waals surface area (Å²) in [6.45, 7) is 6.48. The number of carbonyl (C=O) groups is 1. The Kier molecular flexibility index (Phi) is 6.61. The third-order valence-corrected chi connectivity index (χ3v) is 5.65. The Hall–Kier alpha value is -1.96. The number of anilines is 1. The van der Waals surface area contributed by atoms with Crippen molar-refractivity contribution < 1.29 is 4.79 Å². The van der Waals surface area contributed by atoms with Gasteiger partial charge in [-0.15, -0.1) is 0 Å². The number of fused-ring (bicyclic) bond motifs is 1. The fourth-order valence-electron chi connectivity index (χ4n) is 3.16. The molecule has 1 aromatic carbocycles. The molecule has 1 N–H and O–H groups in total. The summed E-state index contributed by atoms with van der Waals surface area (Å²) in [5.41, 5.74) is 2.08. The maximum atomic E-state index is 13.2. The number of amides is 1. The van der Waals surface area contributed by atoms with E-state index in [1.165, 1.54) is 11.8 Å². The first-order valence-electron chi connectivity index (χ1n) is 9.10. The minimum absolute atomic E-state index is 0.0324. The van der Waals surface area contributed by atoms with E-state index in [1.54, 1.807) is 27.3 Å². The lowest BCUT2D eigenvalue weighted by Gasteiger charge is -2.14. The van der Waals surface area contributed by atoms with Gasteiger partial charge in [0.15, 0.2) is 5.16 Å². The first-order valence-corrected chi connectivity index (χ1v) is 11.1. The highest BCUT2D eigenvalue weighted by molar-refractivity contribution is 7.98. The van der Waals surface area contributed by atoms with Gasteiger partial charge in [0.25, 0.3) is 5.56 Å². The SMILES string of the molecule is CSc1nc2cc(C)n(CC(=O)Nc3cc(Cl)ccc3Cl)c2c(=O)n1CC(C)C. The number of aryl methyl sites for hydroxylation is 1. The highest BCUT2D eigenvalue weighted by Gasteiger charge is 2.19. The Morgan fingerprint density at radius 2 is 1.97 bits per heavy atom. The molecule has 6 nitrogen and oxygen atoms in total. The number of carbonyl (C=O) groups excluding carboxylic acids is 1. The maximum Gasteiger partial charge on any atom is 0.278 e. The Morgan fingerprint density at radius 1 is 1.24 bits per heavy atom. The van der Waals surface area contributed by atoms with Gasteiger partial charge in [0.2, 0.25) is 5.91 Å². The van der Waals surface area contributed by atoms with E-state index in [1.807, 2.05) is 33.1 Å². The van der Waals surface area contributed by atoms with Crippen molar-refractivity contribution in [2.45, 2.75) is 39.0 Å². The van der Waals surface area contributed by atoms with Crippen LogP contribution < -0.4 is 10.9 Å². The Balaban J connectivity index is 2.01. The molecule has 0 saturated carbocycles. The van der Waals surface area contributed by atoms with Gasteiger partial charge in [-0.2, -0.15) is 0 Å². The number of rotatable bonds is 6. The van der Waals surface area contributed by atoms with E-state index in [0.29, 0.717) is 38.5 Å². The molecule has 0 unspecified atom stereocenters. The van der Waals surface area contributed by atoms with Gasteiger partial charge in [-0.1, -0.05) is 48.8 Å². The second kappa shape index (κ2) is 8.81. The number of thioether (sulfide) groups is 1. The molecule has 0 aliphatic heterocycles. The lowest BCUT2D eigenvalue weighted by atomic mass is 10.2. The van der Waals surface area contributed by atoms with E-state index in [2.05, 4.69) is 10.3 Å². The Morgan fingerprint density at radius 3 is 2.62 bits per heavy atom. The number of nitrogens with one attached hydrogen (secondary N) is 1. The molecule has 0 fully saturated rings. The monoisotopic (exact) mass is 452 g/mol. The van der Waals surface area contributed by atoms with Crippen molar-refractivity contribution >= 4 is 57.6 Å². The smallest absolute Gasteiger partial charge is 0.278 e. The van der Waals surface area contributed by atoms with Gasteiger partial charge < -0.3 is 9.88 Å². The summed E-state index contributed by atoms with van der Waals surface area (Å²) < 4.78 is 3.37. The van der Waals surface area contributed by atoms with Crippen LogP contribution in [0.4, 0.5) is 5.69 Å². The standard InChI is InChI=1S/C20H22Cl2N4O2S/c1-11(2)9-26-19(28)18-16(24-20(26)29-4)7-12(3)25(18)10-17(27)23-15-8-13(21)5-6-14(15)22/h5-8,11H,9-10H2,1-4H3,(H,23,27). The number of hydrogen-bond donors (Lipinski definition) is 1. The van der Waals surface area contributed by atoms with Gasteiger partial charge in [-0.3, -0.25) is 14.2 Å². The molecular weight excluding hydrogens is 431 g/mol. The van der Waals surface area contributed by atoms with Crippen molar-refractivity contribution in [3.05, 3.63) is 50.4 Å². The average molecular weight is 453 g/mol. The van der Waals surface area contributed by atoms with E-state index in [-0.39, 0.29) is 23.9 Å². The second-order valence-electron chi connectivity index (χ2n) is 7.19. The molecule has 0 atom stereocenters. The predicted molar refractivity (Wildman–Crippen MR) is 120 cm³/mol. The third-order valence-electron chi connectivity index (χ3n) is 4.41. The molecule has 154 valence electrons. The quantitative estimate of drug-likeness (QED) is 0.429. The highest BCUT2D eigenvalue weighted by Crippen LogP contribution is 2.26. The van der Waals surface area contributed by atoms with Crippen molar-refractivity contribution in [3.63, 3.8) is 0 Å².